The Kier molecular flexibility index (Phi) is 10.9. The Balaban J connectivity index is 1.14. The van der Waals surface area contributed by atoms with Crippen LogP contribution in [0, 0.1) is 11.3 Å². The maximum atomic E-state index is 10.2. The molecule has 10 aromatic carbocycles. The van der Waals surface area contributed by atoms with E-state index in [-0.39, 0.29) is 0 Å². The van der Waals surface area contributed by atoms with E-state index in [1.54, 1.807) is 0 Å². The van der Waals surface area contributed by atoms with E-state index in [0.717, 1.165) is 66.4 Å². The van der Waals surface area contributed by atoms with Crippen LogP contribution in [0.3, 0.4) is 0 Å². The van der Waals surface area contributed by atoms with E-state index >= 15 is 0 Å². The second-order valence-electron chi connectivity index (χ2n) is 17.4. The molecule has 0 amide bonds. The van der Waals surface area contributed by atoms with E-state index in [9.17, 15) is 5.26 Å². The standard InChI is InChI=1S/C64H43N5Si/c65-44-50-25-16-17-34-55(50)49-37-39-57-56-35-18-19-36-59(56)69(61(57)43-49)60-40-38-48(42-58(60)64-67-62(45-21-6-1-7-22-45)66-63(68-64)46-23-8-2-9-24-46)47-26-20-33-54(41-47)70(51-27-10-3-11-28-51,52-29-12-4-13-30-52)53-31-14-5-15-32-53/h1-43H. The van der Waals surface area contributed by atoms with Gasteiger partial charge in [-0.1, -0.05) is 231 Å². The third-order valence-corrected chi connectivity index (χ3v) is 18.2. The molecule has 0 aliphatic carbocycles. The van der Waals surface area contributed by atoms with Crippen LogP contribution in [0.5, 0.6) is 0 Å². The van der Waals surface area contributed by atoms with Gasteiger partial charge in [0, 0.05) is 27.5 Å². The summed E-state index contributed by atoms with van der Waals surface area (Å²) in [4.78, 5) is 15.8. The van der Waals surface area contributed by atoms with E-state index in [0.29, 0.717) is 23.0 Å². The topological polar surface area (TPSA) is 67.4 Å². The predicted molar refractivity (Wildman–Crippen MR) is 290 cm³/mol. The molecule has 12 aromatic rings. The lowest BCUT2D eigenvalue weighted by Crippen LogP contribution is -2.74. The molecule has 0 saturated carbocycles. The molecule has 12 rings (SSSR count). The van der Waals surface area contributed by atoms with Crippen LogP contribution in [-0.2, 0) is 0 Å². The van der Waals surface area contributed by atoms with Crippen LogP contribution in [0.25, 0.3) is 83.9 Å². The van der Waals surface area contributed by atoms with E-state index in [1.165, 1.54) is 20.7 Å². The van der Waals surface area contributed by atoms with Crippen molar-refractivity contribution < 1.29 is 0 Å². The van der Waals surface area contributed by atoms with Crippen molar-refractivity contribution in [3.63, 3.8) is 0 Å². The van der Waals surface area contributed by atoms with Gasteiger partial charge >= 0.3 is 0 Å². The Morgan fingerprint density at radius 3 is 1.41 bits per heavy atom. The van der Waals surface area contributed by atoms with Gasteiger partial charge in [-0.3, -0.25) is 0 Å². The van der Waals surface area contributed by atoms with Crippen molar-refractivity contribution in [3.05, 3.63) is 266 Å². The highest BCUT2D eigenvalue weighted by atomic mass is 28.3. The summed E-state index contributed by atoms with van der Waals surface area (Å²) in [7, 11) is -2.84. The van der Waals surface area contributed by atoms with Crippen molar-refractivity contribution in [2.45, 2.75) is 0 Å². The molecule has 0 fully saturated rings. The second-order valence-corrected chi connectivity index (χ2v) is 21.3. The van der Waals surface area contributed by atoms with E-state index < -0.39 is 8.07 Å². The molecule has 6 heteroatoms. The number of nitriles is 1. The zero-order valence-corrected chi connectivity index (χ0v) is 39.1. The first-order chi connectivity index (χ1) is 34.7. The lowest BCUT2D eigenvalue weighted by atomic mass is 9.99. The molecular weight excluding hydrogens is 867 g/mol. The highest BCUT2D eigenvalue weighted by molar-refractivity contribution is 7.19. The second kappa shape index (κ2) is 18.1. The minimum atomic E-state index is -2.84. The van der Waals surface area contributed by atoms with Gasteiger partial charge < -0.3 is 4.57 Å². The molecule has 0 aliphatic rings. The van der Waals surface area contributed by atoms with Crippen molar-refractivity contribution in [1.82, 2.24) is 19.5 Å². The summed E-state index contributed by atoms with van der Waals surface area (Å²) in [6.45, 7) is 0. The highest BCUT2D eigenvalue weighted by Gasteiger charge is 2.41. The smallest absolute Gasteiger partial charge is 0.179 e. The maximum absolute atomic E-state index is 10.2. The molecule has 0 atom stereocenters. The fourth-order valence-corrected chi connectivity index (χ4v) is 15.0. The van der Waals surface area contributed by atoms with Gasteiger partial charge in [-0.15, -0.1) is 0 Å². The number of hydrogen-bond acceptors (Lipinski definition) is 4. The van der Waals surface area contributed by atoms with Crippen molar-refractivity contribution in [3.8, 4) is 68.2 Å². The fraction of sp³-hybridized carbons (Fsp3) is 0. The molecule has 0 saturated heterocycles. The Hall–Kier alpha value is -9.28. The average Bonchev–Trinajstić information content (AvgIpc) is 3.78. The monoisotopic (exact) mass is 909 g/mol. The first-order valence-electron chi connectivity index (χ1n) is 23.5. The number of rotatable bonds is 10. The van der Waals surface area contributed by atoms with Crippen LogP contribution >= 0.6 is 0 Å². The van der Waals surface area contributed by atoms with Crippen molar-refractivity contribution in [2.75, 3.05) is 0 Å². The summed E-state index contributed by atoms with van der Waals surface area (Å²) in [6, 6.07) is 94.6. The third-order valence-electron chi connectivity index (χ3n) is 13.5. The van der Waals surface area contributed by atoms with Gasteiger partial charge in [0.2, 0.25) is 0 Å². The SMILES string of the molecule is N#Cc1ccccc1-c1ccc2c3ccccc3n(-c3ccc(-c4cccc([Si](c5ccccc5)(c5ccccc5)c5ccccc5)c4)cc3-c3nc(-c4ccccc4)nc(-c4ccccc4)n3)c2c1. The molecule has 0 N–H and O–H groups in total. The Labute approximate surface area is 408 Å². The van der Waals surface area contributed by atoms with E-state index in [1.807, 2.05) is 84.9 Å². The first-order valence-corrected chi connectivity index (χ1v) is 25.5. The number of para-hydroxylation sites is 1. The normalized spacial score (nSPS) is 11.4. The largest absolute Gasteiger partial charge is 0.308 e. The van der Waals surface area contributed by atoms with Gasteiger partial charge in [0.25, 0.3) is 0 Å². The highest BCUT2D eigenvalue weighted by Crippen LogP contribution is 2.40. The minimum absolute atomic E-state index is 0.555. The zero-order chi connectivity index (χ0) is 46.9. The first kappa shape index (κ1) is 42.1. The Morgan fingerprint density at radius 1 is 0.329 bits per heavy atom. The summed E-state index contributed by atoms with van der Waals surface area (Å²) in [6.07, 6.45) is 0. The summed E-state index contributed by atoms with van der Waals surface area (Å²) in [5.41, 5.74) is 10.2. The lowest BCUT2D eigenvalue weighted by Gasteiger charge is -2.34. The predicted octanol–water partition coefficient (Wildman–Crippen LogP) is 12.6. The number of aromatic nitrogens is 4. The fourth-order valence-electron chi connectivity index (χ4n) is 10.2. The van der Waals surface area contributed by atoms with Crippen LogP contribution < -0.4 is 20.7 Å². The summed E-state index contributed by atoms with van der Waals surface area (Å²) >= 11 is 0. The molecule has 2 aromatic heterocycles. The number of hydrogen-bond donors (Lipinski definition) is 0. The number of benzene rings is 10. The van der Waals surface area contributed by atoms with Crippen LogP contribution in [0.15, 0.2) is 261 Å². The molecule has 0 bridgehead atoms. The van der Waals surface area contributed by atoms with Crippen molar-refractivity contribution in [1.29, 1.82) is 5.26 Å². The van der Waals surface area contributed by atoms with Crippen LogP contribution in [0.1, 0.15) is 5.56 Å². The number of nitrogens with zero attached hydrogens (tertiary/aromatic N) is 5. The summed E-state index contributed by atoms with van der Waals surface area (Å²) in [5, 5.41) is 17.6. The van der Waals surface area contributed by atoms with Gasteiger partial charge in [-0.05, 0) is 73.3 Å². The van der Waals surface area contributed by atoms with Crippen LogP contribution in [-0.4, -0.2) is 27.6 Å². The molecule has 5 nitrogen and oxygen atoms in total. The van der Waals surface area contributed by atoms with Crippen LogP contribution in [0.4, 0.5) is 0 Å². The molecule has 0 spiro atoms. The molecule has 0 unspecified atom stereocenters. The average molecular weight is 910 g/mol. The maximum Gasteiger partial charge on any atom is 0.179 e. The zero-order valence-electron chi connectivity index (χ0n) is 38.1. The third kappa shape index (κ3) is 7.39. The number of fused-ring (bicyclic) bond motifs is 3. The van der Waals surface area contributed by atoms with Crippen molar-refractivity contribution in [2.24, 2.45) is 0 Å². The molecule has 328 valence electrons. The lowest BCUT2D eigenvalue weighted by molar-refractivity contribution is 1.06. The summed E-state index contributed by atoms with van der Waals surface area (Å²) in [5.74, 6) is 1.73. The molecular formula is C64H43N5Si. The Bertz CT molecular complexity index is 3730. The van der Waals surface area contributed by atoms with Crippen LogP contribution in [0.2, 0.25) is 0 Å². The van der Waals surface area contributed by atoms with E-state index in [4.69, 9.17) is 15.0 Å². The van der Waals surface area contributed by atoms with Gasteiger partial charge in [0.1, 0.15) is 0 Å². The van der Waals surface area contributed by atoms with Gasteiger partial charge in [-0.25, -0.2) is 15.0 Å². The Morgan fingerprint density at radius 2 is 0.800 bits per heavy atom. The molecule has 0 radical (unpaired) electrons. The van der Waals surface area contributed by atoms with Gasteiger partial charge in [0.15, 0.2) is 25.5 Å². The van der Waals surface area contributed by atoms with Gasteiger partial charge in [0.05, 0.1) is 28.4 Å². The molecule has 70 heavy (non-hydrogen) atoms. The quantitative estimate of drug-likeness (QED) is 0.101. The minimum Gasteiger partial charge on any atom is -0.308 e. The molecule has 2 heterocycles. The van der Waals surface area contributed by atoms with E-state index in [2.05, 4.69) is 187 Å². The molecule has 0 aliphatic heterocycles. The van der Waals surface area contributed by atoms with Crippen molar-refractivity contribution >= 4 is 50.6 Å². The summed E-state index contributed by atoms with van der Waals surface area (Å²) < 4.78 is 2.34. The van der Waals surface area contributed by atoms with Gasteiger partial charge in [-0.2, -0.15) is 5.26 Å².